The van der Waals surface area contributed by atoms with Gasteiger partial charge < -0.3 is 0 Å². The Hall–Kier alpha value is -0.320. The van der Waals surface area contributed by atoms with Crippen molar-refractivity contribution in [3.8, 4) is 0 Å². The molecule has 1 nitrogen and oxygen atoms in total. The zero-order valence-corrected chi connectivity index (χ0v) is 5.09. The molecule has 0 saturated carbocycles. The Kier molecular flexibility index (Phi) is 1.61. The third kappa shape index (κ3) is 1.54. The van der Waals surface area contributed by atoms with Gasteiger partial charge >= 0.3 is 6.18 Å². The summed E-state index contributed by atoms with van der Waals surface area (Å²) in [6, 6.07) is 0. The van der Waals surface area contributed by atoms with E-state index >= 15 is 0 Å². The van der Waals surface area contributed by atoms with Crippen molar-refractivity contribution < 1.29 is 13.2 Å². The van der Waals surface area contributed by atoms with E-state index in [9.17, 15) is 13.2 Å². The normalized spacial score (nSPS) is 19.2. The van der Waals surface area contributed by atoms with Gasteiger partial charge in [-0.05, 0) is 11.9 Å². The Bertz CT molecular complexity index is 139. The molecule has 0 aliphatic carbocycles. The molecule has 0 unspecified atom stereocenters. The Morgan fingerprint density at radius 2 is 2.22 bits per heavy atom. The Morgan fingerprint density at radius 3 is 2.44 bits per heavy atom. The van der Waals surface area contributed by atoms with Crippen molar-refractivity contribution in [1.29, 1.82) is 0 Å². The molecule has 1 radical (unpaired) electrons. The van der Waals surface area contributed by atoms with Crippen molar-refractivity contribution in [1.82, 2.24) is 4.72 Å². The van der Waals surface area contributed by atoms with Crippen LogP contribution in [0.5, 0.6) is 0 Å². The monoisotopic (exact) mass is 154 g/mol. The second kappa shape index (κ2) is 2.13. The molecule has 1 heterocycles. The van der Waals surface area contributed by atoms with Crippen LogP contribution in [0.4, 0.5) is 13.2 Å². The number of hydrogen-bond donors (Lipinski definition) is 0. The average Bonchev–Trinajstić information content (AvgIpc) is 2.08. The standard InChI is InChI=1S/C4H3F3NS/c5-4(6,7)3-1-8-9-2-3/h1H,2H2. The van der Waals surface area contributed by atoms with Crippen LogP contribution < -0.4 is 4.72 Å². The van der Waals surface area contributed by atoms with Crippen molar-refractivity contribution in [3.63, 3.8) is 0 Å². The van der Waals surface area contributed by atoms with Gasteiger partial charge in [0.1, 0.15) is 0 Å². The highest BCUT2D eigenvalue weighted by Gasteiger charge is 2.35. The maximum Gasteiger partial charge on any atom is 0.415 e. The molecule has 9 heavy (non-hydrogen) atoms. The maximum atomic E-state index is 11.6. The molecule has 0 spiro atoms. The lowest BCUT2D eigenvalue weighted by atomic mass is 10.3. The minimum Gasteiger partial charge on any atom is -0.224 e. The molecule has 0 fully saturated rings. The summed E-state index contributed by atoms with van der Waals surface area (Å²) in [5, 5.41) is 0. The van der Waals surface area contributed by atoms with Crippen LogP contribution in [0.1, 0.15) is 0 Å². The molecule has 1 rings (SSSR count). The molecule has 0 atom stereocenters. The van der Waals surface area contributed by atoms with E-state index in [0.29, 0.717) is 0 Å². The first-order chi connectivity index (χ1) is 4.11. The van der Waals surface area contributed by atoms with E-state index in [4.69, 9.17) is 0 Å². The lowest BCUT2D eigenvalue weighted by Gasteiger charge is -2.02. The van der Waals surface area contributed by atoms with Crippen LogP contribution in [0.2, 0.25) is 0 Å². The Morgan fingerprint density at radius 1 is 1.56 bits per heavy atom. The number of rotatable bonds is 0. The van der Waals surface area contributed by atoms with Gasteiger partial charge in [-0.1, -0.05) is 0 Å². The number of nitrogens with zero attached hydrogens (tertiary/aromatic N) is 1. The van der Waals surface area contributed by atoms with Gasteiger partial charge in [0, 0.05) is 12.0 Å². The lowest BCUT2D eigenvalue weighted by Crippen LogP contribution is -2.11. The van der Waals surface area contributed by atoms with E-state index in [1.807, 2.05) is 0 Å². The van der Waals surface area contributed by atoms with Crippen molar-refractivity contribution in [2.75, 3.05) is 5.75 Å². The molecule has 1 aliphatic rings. The van der Waals surface area contributed by atoms with Crippen LogP contribution in [-0.4, -0.2) is 11.9 Å². The molecule has 51 valence electrons. The highest BCUT2D eigenvalue weighted by molar-refractivity contribution is 7.97. The summed E-state index contributed by atoms with van der Waals surface area (Å²) < 4.78 is 38.2. The molecule has 0 N–H and O–H groups in total. The second-order valence-electron chi connectivity index (χ2n) is 1.53. The molecular formula is C4H3F3NS. The minimum absolute atomic E-state index is 0.0382. The molecule has 0 aromatic heterocycles. The third-order valence-corrected chi connectivity index (χ3v) is 1.56. The number of alkyl halides is 3. The lowest BCUT2D eigenvalue weighted by molar-refractivity contribution is -0.0907. The van der Waals surface area contributed by atoms with Crippen LogP contribution in [0.25, 0.3) is 0 Å². The third-order valence-electron chi connectivity index (χ3n) is 0.867. The fraction of sp³-hybridized carbons (Fsp3) is 0.500. The number of halogens is 3. The van der Waals surface area contributed by atoms with Crippen molar-refractivity contribution in [2.24, 2.45) is 0 Å². The summed E-state index contributed by atoms with van der Waals surface area (Å²) in [6.07, 6.45) is -3.31. The summed E-state index contributed by atoms with van der Waals surface area (Å²) in [5.74, 6) is -0.0382. The van der Waals surface area contributed by atoms with Crippen LogP contribution in [0.3, 0.4) is 0 Å². The summed E-state index contributed by atoms with van der Waals surface area (Å²) >= 11 is 0.921. The quantitative estimate of drug-likeness (QED) is 0.484. The predicted molar refractivity (Wildman–Crippen MR) is 28.7 cm³/mol. The second-order valence-corrected chi connectivity index (χ2v) is 2.29. The van der Waals surface area contributed by atoms with Gasteiger partial charge in [-0.3, -0.25) is 0 Å². The van der Waals surface area contributed by atoms with E-state index in [0.717, 1.165) is 18.1 Å². The van der Waals surface area contributed by atoms with E-state index in [2.05, 4.69) is 4.72 Å². The average molecular weight is 154 g/mol. The zero-order valence-electron chi connectivity index (χ0n) is 4.27. The smallest absolute Gasteiger partial charge is 0.224 e. The van der Waals surface area contributed by atoms with Gasteiger partial charge in [0.2, 0.25) is 0 Å². The van der Waals surface area contributed by atoms with Gasteiger partial charge in [0.05, 0.1) is 5.57 Å². The summed E-state index contributed by atoms with van der Waals surface area (Å²) in [7, 11) is 0. The van der Waals surface area contributed by atoms with Gasteiger partial charge in [-0.2, -0.15) is 13.2 Å². The molecule has 1 aliphatic heterocycles. The molecular weight excluding hydrogens is 151 g/mol. The van der Waals surface area contributed by atoms with E-state index in [1.165, 1.54) is 0 Å². The topological polar surface area (TPSA) is 14.1 Å². The van der Waals surface area contributed by atoms with E-state index < -0.39 is 11.7 Å². The van der Waals surface area contributed by atoms with Gasteiger partial charge in [-0.15, -0.1) is 0 Å². The van der Waals surface area contributed by atoms with Crippen molar-refractivity contribution in [2.45, 2.75) is 6.18 Å². The van der Waals surface area contributed by atoms with Crippen molar-refractivity contribution in [3.05, 3.63) is 11.8 Å². The minimum atomic E-state index is -4.17. The first kappa shape index (κ1) is 6.80. The predicted octanol–water partition coefficient (Wildman–Crippen LogP) is 1.70. The molecule has 0 aromatic rings. The van der Waals surface area contributed by atoms with Crippen LogP contribution in [0, 0.1) is 0 Å². The molecule has 0 amide bonds. The summed E-state index contributed by atoms with van der Waals surface area (Å²) in [5.41, 5.74) is -0.549. The van der Waals surface area contributed by atoms with Crippen LogP contribution in [0.15, 0.2) is 11.8 Å². The zero-order chi connectivity index (χ0) is 6.91. The molecule has 0 saturated heterocycles. The SMILES string of the molecule is FC(F)(F)C1=C[N]SC1. The van der Waals surface area contributed by atoms with Crippen LogP contribution in [-0.2, 0) is 0 Å². The Balaban J connectivity index is 2.61. The van der Waals surface area contributed by atoms with E-state index in [-0.39, 0.29) is 5.75 Å². The Labute approximate surface area is 54.4 Å². The highest BCUT2D eigenvalue weighted by Crippen LogP contribution is 2.30. The van der Waals surface area contributed by atoms with Gasteiger partial charge in [0.15, 0.2) is 0 Å². The van der Waals surface area contributed by atoms with Gasteiger partial charge in [-0.25, -0.2) is 4.72 Å². The fourth-order valence-electron chi connectivity index (χ4n) is 0.400. The molecule has 0 aromatic carbocycles. The summed E-state index contributed by atoms with van der Waals surface area (Å²) in [6.45, 7) is 0. The fourth-order valence-corrected chi connectivity index (χ4v) is 1.05. The number of hydrogen-bond acceptors (Lipinski definition) is 1. The maximum absolute atomic E-state index is 11.6. The van der Waals surface area contributed by atoms with Gasteiger partial charge in [0.25, 0.3) is 0 Å². The van der Waals surface area contributed by atoms with Crippen molar-refractivity contribution >= 4 is 11.9 Å². The van der Waals surface area contributed by atoms with E-state index in [1.54, 1.807) is 0 Å². The van der Waals surface area contributed by atoms with Crippen LogP contribution >= 0.6 is 11.9 Å². The largest absolute Gasteiger partial charge is 0.415 e. The first-order valence-electron chi connectivity index (χ1n) is 2.19. The molecule has 0 bridgehead atoms. The first-order valence-corrected chi connectivity index (χ1v) is 3.13. The summed E-state index contributed by atoms with van der Waals surface area (Å²) in [4.78, 5) is 0. The highest BCUT2D eigenvalue weighted by atomic mass is 32.2. The molecule has 5 heteroatoms.